The number of hydrogen-bond acceptors (Lipinski definition) is 2. The molecule has 4 nitrogen and oxygen atoms in total. The predicted octanol–water partition coefficient (Wildman–Crippen LogP) is 3.44. The second-order valence-corrected chi connectivity index (χ2v) is 6.30. The van der Waals surface area contributed by atoms with Gasteiger partial charge in [0.15, 0.2) is 11.6 Å². The van der Waals surface area contributed by atoms with Crippen molar-refractivity contribution in [3.05, 3.63) is 65.2 Å². The summed E-state index contributed by atoms with van der Waals surface area (Å²) < 4.78 is 26.4. The molecular formula is C19H18F2N2O2. The predicted molar refractivity (Wildman–Crippen MR) is 89.9 cm³/mol. The lowest BCUT2D eigenvalue weighted by Crippen LogP contribution is -2.43. The van der Waals surface area contributed by atoms with Crippen molar-refractivity contribution in [3.63, 3.8) is 0 Å². The number of carbonyl (C=O) groups excluding carboxylic acids is 2. The van der Waals surface area contributed by atoms with Gasteiger partial charge in [0.25, 0.3) is 5.91 Å². The highest BCUT2D eigenvalue weighted by molar-refractivity contribution is 6.04. The van der Waals surface area contributed by atoms with Crippen LogP contribution in [-0.4, -0.2) is 22.8 Å². The van der Waals surface area contributed by atoms with Gasteiger partial charge in [0.2, 0.25) is 5.91 Å². The number of para-hydroxylation sites is 1. The Morgan fingerprint density at radius 2 is 1.88 bits per heavy atom. The van der Waals surface area contributed by atoms with Gasteiger partial charge in [-0.2, -0.15) is 0 Å². The van der Waals surface area contributed by atoms with E-state index in [1.165, 1.54) is 11.0 Å². The molecule has 1 N–H and O–H groups in total. The molecule has 1 heterocycles. The second-order valence-electron chi connectivity index (χ2n) is 6.30. The van der Waals surface area contributed by atoms with Gasteiger partial charge in [-0.15, -0.1) is 0 Å². The van der Waals surface area contributed by atoms with Crippen molar-refractivity contribution in [3.8, 4) is 0 Å². The third-order valence-corrected chi connectivity index (χ3v) is 4.22. The fourth-order valence-electron chi connectivity index (χ4n) is 3.11. The van der Waals surface area contributed by atoms with Gasteiger partial charge in [-0.05, 0) is 37.6 Å². The van der Waals surface area contributed by atoms with Gasteiger partial charge in [-0.3, -0.25) is 9.59 Å². The van der Waals surface area contributed by atoms with E-state index >= 15 is 0 Å². The minimum absolute atomic E-state index is 0.110. The molecule has 1 atom stereocenters. The van der Waals surface area contributed by atoms with Gasteiger partial charge in [0.1, 0.15) is 6.04 Å². The van der Waals surface area contributed by atoms with E-state index in [1.807, 2.05) is 26.0 Å². The molecule has 130 valence electrons. The number of benzene rings is 2. The number of halogens is 2. The molecule has 0 radical (unpaired) electrons. The first-order valence-electron chi connectivity index (χ1n) is 8.03. The SMILES string of the molecule is CC(C)N(C(=O)Cc1ccc(F)c(F)c1)C1C(=O)Nc2ccccc21. The minimum atomic E-state index is -0.995. The highest BCUT2D eigenvalue weighted by Gasteiger charge is 2.38. The lowest BCUT2D eigenvalue weighted by Gasteiger charge is -2.31. The Balaban J connectivity index is 1.90. The number of anilines is 1. The van der Waals surface area contributed by atoms with Crippen molar-refractivity contribution in [2.24, 2.45) is 0 Å². The van der Waals surface area contributed by atoms with Gasteiger partial charge < -0.3 is 10.2 Å². The summed E-state index contributed by atoms with van der Waals surface area (Å²) in [6, 6.07) is 9.62. The number of fused-ring (bicyclic) bond motifs is 1. The summed E-state index contributed by atoms with van der Waals surface area (Å²) in [4.78, 5) is 26.7. The molecule has 25 heavy (non-hydrogen) atoms. The Morgan fingerprint density at radius 1 is 1.16 bits per heavy atom. The largest absolute Gasteiger partial charge is 0.324 e. The lowest BCUT2D eigenvalue weighted by molar-refractivity contribution is -0.140. The van der Waals surface area contributed by atoms with Crippen LogP contribution in [0.1, 0.15) is 31.0 Å². The van der Waals surface area contributed by atoms with E-state index in [4.69, 9.17) is 0 Å². The zero-order valence-electron chi connectivity index (χ0n) is 13.9. The molecular weight excluding hydrogens is 326 g/mol. The van der Waals surface area contributed by atoms with E-state index in [1.54, 1.807) is 12.1 Å². The van der Waals surface area contributed by atoms with Crippen LogP contribution in [0, 0.1) is 11.6 Å². The number of hydrogen-bond donors (Lipinski definition) is 1. The third kappa shape index (κ3) is 3.24. The van der Waals surface area contributed by atoms with E-state index < -0.39 is 17.7 Å². The van der Waals surface area contributed by atoms with Crippen molar-refractivity contribution in [1.29, 1.82) is 0 Å². The molecule has 0 spiro atoms. The molecule has 2 aromatic carbocycles. The topological polar surface area (TPSA) is 49.4 Å². The van der Waals surface area contributed by atoms with Crippen LogP contribution in [0.2, 0.25) is 0 Å². The summed E-state index contributed by atoms with van der Waals surface area (Å²) in [6.45, 7) is 3.63. The number of amides is 2. The summed E-state index contributed by atoms with van der Waals surface area (Å²) in [6.07, 6.45) is -0.110. The lowest BCUT2D eigenvalue weighted by atomic mass is 10.0. The minimum Gasteiger partial charge on any atom is -0.324 e. The molecule has 1 unspecified atom stereocenters. The molecule has 0 aromatic heterocycles. The number of nitrogens with zero attached hydrogens (tertiary/aromatic N) is 1. The average molecular weight is 344 g/mol. The molecule has 2 amide bonds. The van der Waals surface area contributed by atoms with Crippen LogP contribution < -0.4 is 5.32 Å². The normalized spacial score (nSPS) is 15.9. The third-order valence-electron chi connectivity index (χ3n) is 4.22. The number of carbonyl (C=O) groups is 2. The first kappa shape index (κ1) is 17.1. The number of rotatable bonds is 4. The Kier molecular flexibility index (Phi) is 4.53. The summed E-state index contributed by atoms with van der Waals surface area (Å²) in [7, 11) is 0. The van der Waals surface area contributed by atoms with Crippen LogP contribution in [0.25, 0.3) is 0 Å². The average Bonchev–Trinajstić information content (AvgIpc) is 2.87. The Hall–Kier alpha value is -2.76. The van der Waals surface area contributed by atoms with Crippen LogP contribution in [0.4, 0.5) is 14.5 Å². The fraction of sp³-hybridized carbons (Fsp3) is 0.263. The van der Waals surface area contributed by atoms with Gasteiger partial charge in [0, 0.05) is 17.3 Å². The van der Waals surface area contributed by atoms with E-state index in [-0.39, 0.29) is 24.3 Å². The maximum absolute atomic E-state index is 13.4. The zero-order chi connectivity index (χ0) is 18.1. The summed E-state index contributed by atoms with van der Waals surface area (Å²) >= 11 is 0. The first-order valence-corrected chi connectivity index (χ1v) is 8.03. The molecule has 1 aliphatic rings. The number of nitrogens with one attached hydrogen (secondary N) is 1. The molecule has 3 rings (SSSR count). The van der Waals surface area contributed by atoms with Crippen LogP contribution in [0.3, 0.4) is 0 Å². The first-order chi connectivity index (χ1) is 11.9. The van der Waals surface area contributed by atoms with Crippen LogP contribution in [0.5, 0.6) is 0 Å². The Morgan fingerprint density at radius 3 is 2.56 bits per heavy atom. The maximum atomic E-state index is 13.4. The van der Waals surface area contributed by atoms with Crippen molar-refractivity contribution in [2.45, 2.75) is 32.4 Å². The van der Waals surface area contributed by atoms with Crippen LogP contribution >= 0.6 is 0 Å². The van der Waals surface area contributed by atoms with Crippen molar-refractivity contribution >= 4 is 17.5 Å². The monoisotopic (exact) mass is 344 g/mol. The summed E-state index contributed by atoms with van der Waals surface area (Å²) in [5.41, 5.74) is 1.78. The van der Waals surface area contributed by atoms with E-state index in [0.29, 0.717) is 11.3 Å². The summed E-state index contributed by atoms with van der Waals surface area (Å²) in [5, 5.41) is 2.78. The second kappa shape index (κ2) is 6.63. The van der Waals surface area contributed by atoms with E-state index in [0.717, 1.165) is 17.7 Å². The standard InChI is InChI=1S/C19H18F2N2O2/c1-11(2)23(17(24)10-12-7-8-14(20)15(21)9-12)18-13-5-3-4-6-16(13)22-19(18)25/h3-9,11,18H,10H2,1-2H3,(H,22,25). The van der Waals surface area contributed by atoms with E-state index in [9.17, 15) is 18.4 Å². The van der Waals surface area contributed by atoms with Crippen LogP contribution in [0.15, 0.2) is 42.5 Å². The maximum Gasteiger partial charge on any atom is 0.251 e. The molecule has 2 aromatic rings. The Labute approximate surface area is 144 Å². The highest BCUT2D eigenvalue weighted by Crippen LogP contribution is 2.36. The molecule has 1 aliphatic heterocycles. The van der Waals surface area contributed by atoms with Gasteiger partial charge in [-0.25, -0.2) is 8.78 Å². The zero-order valence-corrected chi connectivity index (χ0v) is 13.9. The van der Waals surface area contributed by atoms with Gasteiger partial charge in [0.05, 0.1) is 6.42 Å². The molecule has 0 bridgehead atoms. The quantitative estimate of drug-likeness (QED) is 0.924. The molecule has 0 saturated heterocycles. The molecule has 6 heteroatoms. The molecule has 0 saturated carbocycles. The van der Waals surface area contributed by atoms with Crippen molar-refractivity contribution in [2.75, 3.05) is 5.32 Å². The van der Waals surface area contributed by atoms with Crippen molar-refractivity contribution < 1.29 is 18.4 Å². The Bertz CT molecular complexity index is 836. The fourth-order valence-corrected chi connectivity index (χ4v) is 3.11. The van der Waals surface area contributed by atoms with Crippen molar-refractivity contribution in [1.82, 2.24) is 4.90 Å². The molecule has 0 aliphatic carbocycles. The smallest absolute Gasteiger partial charge is 0.251 e. The highest BCUT2D eigenvalue weighted by atomic mass is 19.2. The molecule has 0 fully saturated rings. The van der Waals surface area contributed by atoms with Gasteiger partial charge in [-0.1, -0.05) is 24.3 Å². The van der Waals surface area contributed by atoms with E-state index in [2.05, 4.69) is 5.32 Å². The summed E-state index contributed by atoms with van der Waals surface area (Å²) in [5.74, 6) is -2.54. The van der Waals surface area contributed by atoms with Crippen LogP contribution in [-0.2, 0) is 16.0 Å². The van der Waals surface area contributed by atoms with Gasteiger partial charge >= 0.3 is 0 Å².